The van der Waals surface area contributed by atoms with Crippen LogP contribution in [-0.4, -0.2) is 41.9 Å². The highest BCUT2D eigenvalue weighted by Gasteiger charge is 2.38. The number of H-pyrrole nitrogens is 1. The van der Waals surface area contributed by atoms with E-state index in [2.05, 4.69) is 4.98 Å². The minimum atomic E-state index is -0.312. The zero-order valence-corrected chi connectivity index (χ0v) is 19.2. The lowest BCUT2D eigenvalue weighted by atomic mass is 9.95. The quantitative estimate of drug-likeness (QED) is 0.625. The summed E-state index contributed by atoms with van der Waals surface area (Å²) in [5.74, 6) is 0.420. The third-order valence-electron chi connectivity index (χ3n) is 6.44. The molecule has 0 radical (unpaired) electrons. The number of methoxy groups -OCH3 is 1. The van der Waals surface area contributed by atoms with E-state index in [0.29, 0.717) is 47.9 Å². The number of carbonyl (C=O) groups is 1. The lowest BCUT2D eigenvalue weighted by Gasteiger charge is -2.24. The maximum Gasteiger partial charge on any atom is 0.257 e. The first-order valence-electron chi connectivity index (χ1n) is 10.9. The highest BCUT2D eigenvalue weighted by molar-refractivity contribution is 6.31. The lowest BCUT2D eigenvalue weighted by molar-refractivity contribution is -0.137. The smallest absolute Gasteiger partial charge is 0.257 e. The predicted octanol–water partition coefficient (Wildman–Crippen LogP) is 4.21. The van der Waals surface area contributed by atoms with Gasteiger partial charge < -0.3 is 14.5 Å². The maximum atomic E-state index is 13.4. The Bertz CT molecular complexity index is 1310. The van der Waals surface area contributed by atoms with E-state index in [1.807, 2.05) is 37.3 Å². The van der Waals surface area contributed by atoms with Crippen LogP contribution in [0.1, 0.15) is 35.6 Å². The highest BCUT2D eigenvalue weighted by atomic mass is 35.5. The van der Waals surface area contributed by atoms with E-state index in [-0.39, 0.29) is 23.4 Å². The maximum absolute atomic E-state index is 13.4. The number of nitrogens with one attached hydrogen (secondary N) is 1. The number of nitrogens with zero attached hydrogens (tertiary/aromatic N) is 2. The number of hydrazone groups is 1. The molecular weight excluding hydrogens is 442 g/mol. The van der Waals surface area contributed by atoms with Gasteiger partial charge in [0.2, 0.25) is 5.91 Å². The summed E-state index contributed by atoms with van der Waals surface area (Å²) < 4.78 is 10.7. The van der Waals surface area contributed by atoms with E-state index in [1.54, 1.807) is 19.2 Å². The van der Waals surface area contributed by atoms with Crippen LogP contribution in [0.5, 0.6) is 5.75 Å². The van der Waals surface area contributed by atoms with Gasteiger partial charge in [-0.1, -0.05) is 23.7 Å². The predicted molar refractivity (Wildman–Crippen MR) is 127 cm³/mol. The van der Waals surface area contributed by atoms with Crippen molar-refractivity contribution in [2.24, 2.45) is 11.0 Å². The fraction of sp³-hybridized carbons (Fsp3) is 0.320. The van der Waals surface area contributed by atoms with Crippen molar-refractivity contribution >= 4 is 34.1 Å². The molecule has 2 unspecified atom stereocenters. The summed E-state index contributed by atoms with van der Waals surface area (Å²) in [5.41, 5.74) is 3.28. The van der Waals surface area contributed by atoms with Gasteiger partial charge in [-0.25, -0.2) is 5.01 Å². The largest absolute Gasteiger partial charge is 0.497 e. The molecule has 2 aliphatic rings. The van der Waals surface area contributed by atoms with Crippen LogP contribution in [0.15, 0.2) is 52.4 Å². The molecule has 33 heavy (non-hydrogen) atoms. The normalized spacial score (nSPS) is 20.3. The van der Waals surface area contributed by atoms with Gasteiger partial charge in [-0.15, -0.1) is 0 Å². The number of aryl methyl sites for hydroxylation is 1. The number of hydrogen-bond donors (Lipinski definition) is 1. The Morgan fingerprint density at radius 1 is 1.24 bits per heavy atom. The number of aromatic amines is 1. The van der Waals surface area contributed by atoms with Crippen LogP contribution in [0.25, 0.3) is 10.9 Å². The summed E-state index contributed by atoms with van der Waals surface area (Å²) in [4.78, 5) is 29.4. The van der Waals surface area contributed by atoms with E-state index in [4.69, 9.17) is 26.2 Å². The molecule has 5 rings (SSSR count). The molecule has 3 heterocycles. The van der Waals surface area contributed by atoms with Crippen LogP contribution in [0.4, 0.5) is 0 Å². The summed E-state index contributed by atoms with van der Waals surface area (Å²) in [6.45, 7) is 2.85. The molecule has 1 N–H and O–H groups in total. The molecule has 170 valence electrons. The standard InChI is InChI=1S/C25H24ClN3O4/c1-14-19-11-17(26)5-8-20(19)27-24(30)23(14)21-12-22(15-3-6-18(32-2)7-4-15)29(28-21)25(31)16-9-10-33-13-16/h3-8,11,16,22H,9-10,12-13H2,1-2H3,(H,27,30). The first-order chi connectivity index (χ1) is 16.0. The third kappa shape index (κ3) is 3.92. The van der Waals surface area contributed by atoms with Crippen LogP contribution >= 0.6 is 11.6 Å². The van der Waals surface area contributed by atoms with E-state index in [0.717, 1.165) is 22.3 Å². The molecule has 3 aromatic rings. The van der Waals surface area contributed by atoms with Crippen molar-refractivity contribution < 1.29 is 14.3 Å². The van der Waals surface area contributed by atoms with E-state index < -0.39 is 0 Å². The monoisotopic (exact) mass is 465 g/mol. The summed E-state index contributed by atoms with van der Waals surface area (Å²) >= 11 is 6.21. The Kier molecular flexibility index (Phi) is 5.68. The number of halogens is 1. The molecule has 8 heteroatoms. The minimum Gasteiger partial charge on any atom is -0.497 e. The molecule has 2 aromatic carbocycles. The summed E-state index contributed by atoms with van der Waals surface area (Å²) in [5, 5.41) is 7.70. The van der Waals surface area contributed by atoms with Crippen molar-refractivity contribution in [2.45, 2.75) is 25.8 Å². The van der Waals surface area contributed by atoms with Gasteiger partial charge in [0.25, 0.3) is 5.56 Å². The van der Waals surface area contributed by atoms with Crippen molar-refractivity contribution in [3.8, 4) is 5.75 Å². The number of pyridine rings is 1. The second-order valence-electron chi connectivity index (χ2n) is 8.43. The molecule has 0 aliphatic carbocycles. The third-order valence-corrected chi connectivity index (χ3v) is 6.68. The van der Waals surface area contributed by atoms with Gasteiger partial charge in [-0.2, -0.15) is 5.10 Å². The number of carbonyl (C=O) groups excluding carboxylic acids is 1. The Hall–Kier alpha value is -3.16. The zero-order chi connectivity index (χ0) is 23.1. The first kappa shape index (κ1) is 21.7. The van der Waals surface area contributed by atoms with Gasteiger partial charge in [-0.3, -0.25) is 9.59 Å². The second kappa shape index (κ2) is 8.65. The van der Waals surface area contributed by atoms with Crippen LogP contribution in [-0.2, 0) is 9.53 Å². The first-order valence-corrected chi connectivity index (χ1v) is 11.3. The van der Waals surface area contributed by atoms with E-state index in [1.165, 1.54) is 5.01 Å². The second-order valence-corrected chi connectivity index (χ2v) is 8.86. The molecule has 1 amide bonds. The number of rotatable bonds is 4. The van der Waals surface area contributed by atoms with E-state index >= 15 is 0 Å². The van der Waals surface area contributed by atoms with Gasteiger partial charge in [0.1, 0.15) is 5.75 Å². The number of ether oxygens (including phenoxy) is 2. The SMILES string of the molecule is COc1ccc(C2CC(c3c(C)c4cc(Cl)ccc4[nH]c3=O)=NN2C(=O)C2CCOC2)cc1. The van der Waals surface area contributed by atoms with Gasteiger partial charge >= 0.3 is 0 Å². The average Bonchev–Trinajstić information content (AvgIpc) is 3.50. The Morgan fingerprint density at radius 3 is 2.73 bits per heavy atom. The fourth-order valence-corrected chi connectivity index (χ4v) is 4.81. The molecule has 1 fully saturated rings. The fourth-order valence-electron chi connectivity index (χ4n) is 4.64. The Morgan fingerprint density at radius 2 is 2.03 bits per heavy atom. The molecule has 2 atom stereocenters. The van der Waals surface area contributed by atoms with E-state index in [9.17, 15) is 9.59 Å². The van der Waals surface area contributed by atoms with Gasteiger partial charge in [0.15, 0.2) is 0 Å². The molecule has 1 saturated heterocycles. The molecule has 2 aliphatic heterocycles. The summed E-state index contributed by atoms with van der Waals surface area (Å²) in [6, 6.07) is 12.7. The zero-order valence-electron chi connectivity index (χ0n) is 18.4. The van der Waals surface area contributed by atoms with Gasteiger partial charge in [-0.05, 0) is 54.8 Å². The van der Waals surface area contributed by atoms with Crippen LogP contribution in [0.2, 0.25) is 5.02 Å². The lowest BCUT2D eigenvalue weighted by Crippen LogP contribution is -2.33. The molecular formula is C25H24ClN3O4. The number of amides is 1. The van der Waals surface area contributed by atoms with Crippen molar-refractivity contribution in [3.63, 3.8) is 0 Å². The average molecular weight is 466 g/mol. The molecule has 7 nitrogen and oxygen atoms in total. The molecule has 0 spiro atoms. The number of aromatic nitrogens is 1. The van der Waals surface area contributed by atoms with Gasteiger partial charge in [0.05, 0.1) is 37.0 Å². The van der Waals surface area contributed by atoms with Crippen molar-refractivity contribution in [2.75, 3.05) is 20.3 Å². The van der Waals surface area contributed by atoms with Crippen LogP contribution < -0.4 is 10.3 Å². The van der Waals surface area contributed by atoms with Crippen LogP contribution in [0.3, 0.4) is 0 Å². The topological polar surface area (TPSA) is 84.0 Å². The Balaban J connectivity index is 1.59. The number of benzene rings is 2. The summed E-state index contributed by atoms with van der Waals surface area (Å²) in [7, 11) is 1.61. The van der Waals surface area contributed by atoms with Gasteiger partial charge in [0, 0.05) is 29.0 Å². The molecule has 1 aromatic heterocycles. The summed E-state index contributed by atoms with van der Waals surface area (Å²) in [6.07, 6.45) is 1.10. The number of fused-ring (bicyclic) bond motifs is 1. The highest BCUT2D eigenvalue weighted by Crippen LogP contribution is 2.36. The van der Waals surface area contributed by atoms with Crippen molar-refractivity contribution in [3.05, 3.63) is 74.5 Å². The van der Waals surface area contributed by atoms with Crippen LogP contribution in [0, 0.1) is 12.8 Å². The molecule has 0 saturated carbocycles. The minimum absolute atomic E-state index is 0.0822. The van der Waals surface area contributed by atoms with Crippen molar-refractivity contribution in [1.29, 1.82) is 0 Å². The van der Waals surface area contributed by atoms with Crippen molar-refractivity contribution in [1.82, 2.24) is 9.99 Å². The number of hydrogen-bond acceptors (Lipinski definition) is 5. The Labute approximate surface area is 196 Å². The molecule has 0 bridgehead atoms.